The fourth-order valence-electron chi connectivity index (χ4n) is 10.8. The molecule has 3 aliphatic heterocycles. The number of nitrogens with one attached hydrogen (secondary N) is 4. The number of hydrogen-bond acceptors (Lipinski definition) is 18. The van der Waals surface area contributed by atoms with Crippen molar-refractivity contribution in [2.45, 2.75) is 88.6 Å². The van der Waals surface area contributed by atoms with Gasteiger partial charge in [-0.05, 0) is 109 Å². The van der Waals surface area contributed by atoms with Crippen molar-refractivity contribution in [2.24, 2.45) is 0 Å². The number of carboxylic acids is 1. The van der Waals surface area contributed by atoms with Crippen LogP contribution in [0.15, 0.2) is 54.7 Å². The number of nitrogens with zero attached hydrogens (tertiary/aromatic N) is 8. The number of rotatable bonds is 34. The standard InChI is InChI=1S/C62H85F2IN12O13/c1-2-49-38-62(63,64)42-77(49)58(83)39-69-60(86)51-19-22-66-53-18-17-50(37-52(51)53)90-36-8-23-71-32-34-76(35-33-71)57(82)12-4-3-5-20-68-61(87)54(10-7-21-67-55(80)11-6-9-47-13-15-48(65)16-14-47)70-56(81)40-72-24-25-73(41-59(84)85)27-29-75(44-89-46-79)31-30-74(28-26-72)43-88-45-78/h1,13-19,22,37,45-46,49,54H,3-12,20-21,23-36,38-44H2,(H,67,80)(H,68,87)(H,69,86)(H,70,81)(H,84,85)/t49-,54?/m0/s1. The molecule has 0 saturated carbocycles. The first-order chi connectivity index (χ1) is 43.4. The smallest absolute Gasteiger partial charge is 0.317 e. The van der Waals surface area contributed by atoms with Crippen molar-refractivity contribution in [3.8, 4) is 18.1 Å². The molecule has 5 N–H and O–H groups in total. The summed E-state index contributed by atoms with van der Waals surface area (Å²) in [6, 6.07) is 12.8. The van der Waals surface area contributed by atoms with Crippen molar-refractivity contribution >= 4 is 87.9 Å². The molecule has 3 saturated heterocycles. The third-order valence-corrected chi connectivity index (χ3v) is 16.6. The van der Waals surface area contributed by atoms with E-state index >= 15 is 0 Å². The summed E-state index contributed by atoms with van der Waals surface area (Å²) in [4.78, 5) is 130. The zero-order valence-electron chi connectivity index (χ0n) is 51.0. The Morgan fingerprint density at radius 2 is 1.37 bits per heavy atom. The van der Waals surface area contributed by atoms with Crippen molar-refractivity contribution < 1.29 is 71.2 Å². The second-order valence-corrected chi connectivity index (χ2v) is 23.8. The third kappa shape index (κ3) is 25.6. The third-order valence-electron chi connectivity index (χ3n) is 15.9. The highest BCUT2D eigenvalue weighted by molar-refractivity contribution is 14.1. The number of aromatic nitrogens is 1. The lowest BCUT2D eigenvalue weighted by atomic mass is 10.1. The molecule has 4 heterocycles. The quantitative estimate of drug-likeness (QED) is 0.0247. The van der Waals surface area contributed by atoms with Crippen LogP contribution in [0, 0.1) is 15.9 Å². The number of aliphatic carboxylic acids is 1. The number of carbonyl (C=O) groups excluding carboxylic acids is 8. The number of alkyl halides is 2. The average Bonchev–Trinajstić information content (AvgIpc) is 1.96. The van der Waals surface area contributed by atoms with Gasteiger partial charge in [-0.3, -0.25) is 72.6 Å². The maximum Gasteiger partial charge on any atom is 0.317 e. The lowest BCUT2D eigenvalue weighted by Crippen LogP contribution is -2.52. The molecule has 6 amide bonds. The second kappa shape index (κ2) is 38.5. The summed E-state index contributed by atoms with van der Waals surface area (Å²) >= 11 is 2.25. The zero-order valence-corrected chi connectivity index (χ0v) is 53.1. The van der Waals surface area contributed by atoms with Gasteiger partial charge in [-0.1, -0.05) is 24.5 Å². The van der Waals surface area contributed by atoms with Gasteiger partial charge in [0.05, 0.1) is 49.9 Å². The number of fused-ring (bicyclic) bond motifs is 1. The molecular formula is C62H85F2IN12O13. The number of aryl methyl sites for hydroxylation is 1. The molecule has 1 aromatic heterocycles. The summed E-state index contributed by atoms with van der Waals surface area (Å²) in [7, 11) is 0. The van der Waals surface area contributed by atoms with Gasteiger partial charge in [0, 0.05) is 133 Å². The molecule has 6 rings (SSSR count). The van der Waals surface area contributed by atoms with Gasteiger partial charge in [-0.15, -0.1) is 6.42 Å². The van der Waals surface area contributed by atoms with Gasteiger partial charge in [0.25, 0.3) is 24.8 Å². The summed E-state index contributed by atoms with van der Waals surface area (Å²) in [6.45, 7) is 6.04. The van der Waals surface area contributed by atoms with Crippen LogP contribution in [0.4, 0.5) is 8.78 Å². The molecule has 90 heavy (non-hydrogen) atoms. The van der Waals surface area contributed by atoms with Gasteiger partial charge in [0.1, 0.15) is 25.3 Å². The molecule has 0 spiro atoms. The summed E-state index contributed by atoms with van der Waals surface area (Å²) in [5, 5.41) is 21.5. The number of likely N-dealkylation sites (tertiary alicyclic amines) is 1. The molecule has 2 atom stereocenters. The topological polar surface area (TPSA) is 285 Å². The van der Waals surface area contributed by atoms with Gasteiger partial charge < -0.3 is 50.4 Å². The maximum atomic E-state index is 14.0. The number of carboxylic acid groups (broad SMARTS) is 1. The number of hydrogen-bond donors (Lipinski definition) is 5. The van der Waals surface area contributed by atoms with Gasteiger partial charge >= 0.3 is 5.97 Å². The average molecular weight is 1370 g/mol. The maximum absolute atomic E-state index is 14.0. The van der Waals surface area contributed by atoms with E-state index in [9.17, 15) is 57.0 Å². The van der Waals surface area contributed by atoms with Crippen molar-refractivity contribution in [2.75, 3.05) is 144 Å². The normalized spacial score (nSPS) is 17.6. The zero-order chi connectivity index (χ0) is 64.7. The van der Waals surface area contributed by atoms with E-state index in [1.807, 2.05) is 43.9 Å². The molecule has 492 valence electrons. The Bertz CT molecular complexity index is 2880. The molecule has 3 aliphatic rings. The lowest BCUT2D eigenvalue weighted by Gasteiger charge is -2.34. The minimum Gasteiger partial charge on any atom is -0.494 e. The molecule has 0 radical (unpaired) electrons. The molecular weight excluding hydrogens is 1290 g/mol. The Balaban J connectivity index is 0.920. The van der Waals surface area contributed by atoms with Crippen molar-refractivity contribution in [3.05, 3.63) is 69.4 Å². The van der Waals surface area contributed by atoms with E-state index in [1.54, 1.807) is 23.1 Å². The van der Waals surface area contributed by atoms with Crippen molar-refractivity contribution in [1.82, 2.24) is 60.6 Å². The van der Waals surface area contributed by atoms with Crippen molar-refractivity contribution in [1.29, 1.82) is 0 Å². The number of benzene rings is 2. The predicted octanol–water partition coefficient (Wildman–Crippen LogP) is 2.00. The van der Waals surface area contributed by atoms with Crippen molar-refractivity contribution in [3.63, 3.8) is 0 Å². The van der Waals surface area contributed by atoms with Gasteiger partial charge in [-0.2, -0.15) is 0 Å². The SMILES string of the molecule is C#C[C@H]1CC(F)(F)CN1C(=O)CNC(=O)c1ccnc2ccc(OCCCN3CCN(C(=O)CCCCCNC(=O)C(CCCNC(=O)CCCc4ccc(I)cc4)NC(=O)CN4CCN(COC=O)CCN(COC=O)CCN(CC(=O)O)CC4)CC3)cc12. The van der Waals surface area contributed by atoms with Crippen LogP contribution < -0.4 is 26.0 Å². The molecule has 25 nitrogen and oxygen atoms in total. The van der Waals surface area contributed by atoms with E-state index in [-0.39, 0.29) is 62.8 Å². The minimum atomic E-state index is -3.10. The monoisotopic (exact) mass is 1370 g/mol. The first-order valence-electron chi connectivity index (χ1n) is 30.7. The van der Waals surface area contributed by atoms with E-state index in [1.165, 1.54) is 12.3 Å². The molecule has 28 heteroatoms. The molecule has 0 bridgehead atoms. The van der Waals surface area contributed by atoms with Crippen LogP contribution in [0.1, 0.15) is 80.1 Å². The van der Waals surface area contributed by atoms with Gasteiger partial charge in [0.15, 0.2) is 0 Å². The van der Waals surface area contributed by atoms with E-state index in [0.717, 1.165) is 27.0 Å². The second-order valence-electron chi connectivity index (χ2n) is 22.6. The molecule has 3 fully saturated rings. The number of pyridine rings is 1. The highest BCUT2D eigenvalue weighted by atomic mass is 127. The number of piperazine rings is 1. The number of carbonyl (C=O) groups is 9. The Morgan fingerprint density at radius 3 is 2.02 bits per heavy atom. The van der Waals surface area contributed by atoms with E-state index in [0.29, 0.717) is 173 Å². The number of terminal acetylenes is 1. The Hall–Kier alpha value is -7.17. The molecule has 3 aromatic rings. The van der Waals surface area contributed by atoms with E-state index in [4.69, 9.17) is 20.6 Å². The van der Waals surface area contributed by atoms with Crippen LogP contribution in [0.5, 0.6) is 5.75 Å². The van der Waals surface area contributed by atoms with E-state index < -0.39 is 61.2 Å². The largest absolute Gasteiger partial charge is 0.494 e. The van der Waals surface area contributed by atoms with Crippen LogP contribution in [0.2, 0.25) is 0 Å². The number of ether oxygens (including phenoxy) is 3. The number of amides is 6. The Labute approximate surface area is 537 Å². The van der Waals surface area contributed by atoms with Crippen LogP contribution in [0.3, 0.4) is 0 Å². The summed E-state index contributed by atoms with van der Waals surface area (Å²) in [6.07, 6.45) is 11.6. The molecule has 2 aromatic carbocycles. The molecule has 1 unspecified atom stereocenters. The fraction of sp³-hybridized carbons (Fsp3) is 0.581. The van der Waals surface area contributed by atoms with Crippen LogP contribution in [-0.2, 0) is 54.3 Å². The highest BCUT2D eigenvalue weighted by Gasteiger charge is 2.46. The van der Waals surface area contributed by atoms with Gasteiger partial charge in [-0.25, -0.2) is 8.78 Å². The van der Waals surface area contributed by atoms with E-state index in [2.05, 4.69) is 59.7 Å². The summed E-state index contributed by atoms with van der Waals surface area (Å²) in [5.74, 6) is -3.53. The minimum absolute atomic E-state index is 0.00614. The summed E-state index contributed by atoms with van der Waals surface area (Å²) in [5.41, 5.74) is 1.91. The number of unbranched alkanes of at least 4 members (excludes halogenated alkanes) is 2. The molecule has 0 aliphatic carbocycles. The Kier molecular flexibility index (Phi) is 30.8. The summed E-state index contributed by atoms with van der Waals surface area (Å²) < 4.78 is 45.2. The highest BCUT2D eigenvalue weighted by Crippen LogP contribution is 2.32. The van der Waals surface area contributed by atoms with Crippen LogP contribution in [0.25, 0.3) is 10.9 Å². The fourth-order valence-corrected chi connectivity index (χ4v) is 11.2. The first-order valence-corrected chi connectivity index (χ1v) is 31.7. The number of halogens is 3. The van der Waals surface area contributed by atoms with Crippen LogP contribution in [-0.4, -0.2) is 261 Å². The van der Waals surface area contributed by atoms with Gasteiger partial charge in [0.2, 0.25) is 29.5 Å². The predicted molar refractivity (Wildman–Crippen MR) is 337 cm³/mol. The first kappa shape index (κ1) is 71.9. The Morgan fingerprint density at radius 1 is 0.722 bits per heavy atom. The lowest BCUT2D eigenvalue weighted by molar-refractivity contribution is -0.139. The van der Waals surface area contributed by atoms with Crippen LogP contribution >= 0.6 is 22.6 Å².